The molecule has 0 aromatic rings. The highest BCUT2D eigenvalue weighted by atomic mass is 16.7. The lowest BCUT2D eigenvalue weighted by Gasteiger charge is -2.41. The molecule has 0 bridgehead atoms. The third-order valence-electron chi connectivity index (χ3n) is 15.5. The van der Waals surface area contributed by atoms with Crippen molar-refractivity contribution in [2.75, 3.05) is 13.2 Å². The molecule has 0 saturated carbocycles. The van der Waals surface area contributed by atoms with Crippen molar-refractivity contribution in [3.05, 3.63) is 134 Å². The van der Waals surface area contributed by atoms with E-state index in [1.807, 2.05) is 6.08 Å². The van der Waals surface area contributed by atoms with Crippen LogP contribution in [0.5, 0.6) is 0 Å². The molecule has 8 atom stereocenters. The van der Waals surface area contributed by atoms with Gasteiger partial charge in [-0.3, -0.25) is 9.59 Å². The van der Waals surface area contributed by atoms with Crippen LogP contribution in [-0.4, -0.2) is 99.6 Å². The Labute approximate surface area is 531 Å². The zero-order chi connectivity index (χ0) is 63.1. The van der Waals surface area contributed by atoms with Crippen molar-refractivity contribution in [1.82, 2.24) is 5.32 Å². The second-order valence-corrected chi connectivity index (χ2v) is 23.5. The Kier molecular flexibility index (Phi) is 57.6. The maximum absolute atomic E-state index is 13.5. The van der Waals surface area contributed by atoms with Gasteiger partial charge in [0.15, 0.2) is 12.4 Å². The lowest BCUT2D eigenvalue weighted by molar-refractivity contribution is -0.305. The number of amides is 1. The van der Waals surface area contributed by atoms with Crippen molar-refractivity contribution in [2.45, 2.75) is 320 Å². The molecular weight excluding hydrogens is 1090 g/mol. The van der Waals surface area contributed by atoms with E-state index >= 15 is 0 Å². The van der Waals surface area contributed by atoms with Gasteiger partial charge in [-0.2, -0.15) is 0 Å². The highest BCUT2D eigenvalue weighted by molar-refractivity contribution is 5.80. The van der Waals surface area contributed by atoms with E-state index in [-0.39, 0.29) is 19.4 Å². The number of carbonyl (C=O) groups is 2. The van der Waals surface area contributed by atoms with Crippen LogP contribution < -0.4 is 5.32 Å². The molecule has 0 aromatic carbocycles. The molecule has 496 valence electrons. The summed E-state index contributed by atoms with van der Waals surface area (Å²) in [5.41, 5.74) is 0. The van der Waals surface area contributed by atoms with Gasteiger partial charge in [-0.05, 0) is 122 Å². The van der Waals surface area contributed by atoms with Gasteiger partial charge in [0.05, 0.1) is 25.4 Å². The molecule has 0 spiro atoms. The van der Waals surface area contributed by atoms with Crippen LogP contribution in [0.4, 0.5) is 0 Å². The molecule has 1 fully saturated rings. The summed E-state index contributed by atoms with van der Waals surface area (Å²) in [6.07, 6.45) is 77.6. The summed E-state index contributed by atoms with van der Waals surface area (Å²) in [6, 6.07) is -1.05. The summed E-state index contributed by atoms with van der Waals surface area (Å²) < 4.78 is 17.7. The molecule has 1 amide bonds. The van der Waals surface area contributed by atoms with E-state index in [2.05, 4.69) is 148 Å². The topological polar surface area (TPSA) is 175 Å². The molecule has 11 nitrogen and oxygen atoms in total. The third kappa shape index (κ3) is 49.3. The molecule has 1 aliphatic rings. The van der Waals surface area contributed by atoms with E-state index in [1.54, 1.807) is 6.08 Å². The first-order valence-corrected chi connectivity index (χ1v) is 35.0. The van der Waals surface area contributed by atoms with Crippen LogP contribution in [0, 0.1) is 0 Å². The van der Waals surface area contributed by atoms with E-state index in [0.29, 0.717) is 12.8 Å². The van der Waals surface area contributed by atoms with Crippen molar-refractivity contribution < 1.29 is 49.3 Å². The van der Waals surface area contributed by atoms with E-state index in [4.69, 9.17) is 14.2 Å². The molecular formula is C76H127NO10. The summed E-state index contributed by atoms with van der Waals surface area (Å²) in [6.45, 7) is 5.64. The number of esters is 1. The number of aliphatic hydroxyl groups is 5. The number of carbonyl (C=O) groups excluding carboxylic acids is 2. The maximum atomic E-state index is 13.5. The lowest BCUT2D eigenvalue weighted by Crippen LogP contribution is -2.61. The molecule has 8 unspecified atom stereocenters. The molecule has 1 aliphatic heterocycles. The average molecular weight is 1210 g/mol. The number of aliphatic hydroxyl groups excluding tert-OH is 5. The smallest absolute Gasteiger partial charge is 0.306 e. The Morgan fingerprint density at radius 1 is 0.460 bits per heavy atom. The molecule has 0 aromatic heterocycles. The van der Waals surface area contributed by atoms with Crippen LogP contribution in [0.2, 0.25) is 0 Å². The number of nitrogens with one attached hydrogen (secondary N) is 1. The standard InChI is InChI=1S/C76H127NO10/c1-4-7-10-13-16-19-22-25-27-29-31-33-34-35-36-37-39-41-43-46-49-52-55-58-61-64-71(81)87-74-73(83)72(82)70(65-78)86-76(74)85-66-67(68(79)62-59-56-53-50-47-44-24-21-18-15-12-9-6-3)77-75(84)69(80)63-60-57-54-51-48-45-42-40-38-32-30-28-26-23-20-17-14-11-8-5-2/h7,10,16-17,19-20,25-28,31-33,35-36,38-39,41-42,45,59,62,67-70,72-74,76,78-80,82-83H,4-6,8-9,11-15,18,21-24,29-30,34,37,40,43-44,46-58,60-61,63-66H2,1-3H3,(H,77,84)/b10-7-,19-16-,20-17-,27-25-,28-26-,33-31-,36-35-,38-32-,41-39-,45-42-,62-59+. The third-order valence-corrected chi connectivity index (χ3v) is 15.5. The summed E-state index contributed by atoms with van der Waals surface area (Å²) >= 11 is 0. The fourth-order valence-corrected chi connectivity index (χ4v) is 10.0. The highest BCUT2D eigenvalue weighted by Crippen LogP contribution is 2.26. The molecule has 1 saturated heterocycles. The summed E-state index contributed by atoms with van der Waals surface area (Å²) in [5, 5.41) is 57.2. The monoisotopic (exact) mass is 1210 g/mol. The molecule has 0 aliphatic carbocycles. The van der Waals surface area contributed by atoms with Crippen LogP contribution in [-0.2, 0) is 23.8 Å². The quantitative estimate of drug-likeness (QED) is 0.0195. The van der Waals surface area contributed by atoms with Crippen LogP contribution in [0.3, 0.4) is 0 Å². The van der Waals surface area contributed by atoms with E-state index < -0.39 is 67.4 Å². The lowest BCUT2D eigenvalue weighted by atomic mass is 9.99. The molecule has 1 heterocycles. The first kappa shape index (κ1) is 80.8. The Morgan fingerprint density at radius 2 is 0.828 bits per heavy atom. The fourth-order valence-electron chi connectivity index (χ4n) is 10.0. The number of hydrogen-bond acceptors (Lipinski definition) is 10. The SMILES string of the molecule is CC/C=C\C/C=C\C/C=C\C/C=C\C/C=C\C/C=C\CCCCCCCCC(=O)OC1C(OCC(NC(=O)C(O)CCCCCC/C=C\C/C=C\C/C=C\C/C=C\CCCCC)C(O)/C=C/CCCCCCCCCCCCC)OC(CO)C(O)C1O. The van der Waals surface area contributed by atoms with Crippen molar-refractivity contribution >= 4 is 11.9 Å². The maximum Gasteiger partial charge on any atom is 0.306 e. The van der Waals surface area contributed by atoms with Gasteiger partial charge in [-0.25, -0.2) is 0 Å². The van der Waals surface area contributed by atoms with Gasteiger partial charge in [-0.1, -0.05) is 276 Å². The zero-order valence-corrected chi connectivity index (χ0v) is 55.1. The molecule has 11 heteroatoms. The van der Waals surface area contributed by atoms with Crippen LogP contribution in [0.25, 0.3) is 0 Å². The van der Waals surface area contributed by atoms with Gasteiger partial charge < -0.3 is 45.1 Å². The predicted octanol–water partition coefficient (Wildman–Crippen LogP) is 18.0. The predicted molar refractivity (Wildman–Crippen MR) is 365 cm³/mol. The second kappa shape index (κ2) is 62.0. The van der Waals surface area contributed by atoms with Crippen molar-refractivity contribution in [1.29, 1.82) is 0 Å². The van der Waals surface area contributed by atoms with E-state index in [9.17, 15) is 35.1 Å². The number of unbranched alkanes of at least 4 members (excludes halogenated alkanes) is 24. The second-order valence-electron chi connectivity index (χ2n) is 23.5. The van der Waals surface area contributed by atoms with Crippen LogP contribution in [0.15, 0.2) is 134 Å². The van der Waals surface area contributed by atoms with Gasteiger partial charge >= 0.3 is 5.97 Å². The Balaban J connectivity index is 2.65. The van der Waals surface area contributed by atoms with Crippen LogP contribution >= 0.6 is 0 Å². The van der Waals surface area contributed by atoms with Crippen LogP contribution in [0.1, 0.15) is 271 Å². The summed E-state index contributed by atoms with van der Waals surface area (Å²) in [5.74, 6) is -1.24. The number of rotatable bonds is 58. The number of ether oxygens (including phenoxy) is 3. The van der Waals surface area contributed by atoms with Gasteiger partial charge in [-0.15, -0.1) is 0 Å². The zero-order valence-electron chi connectivity index (χ0n) is 55.1. The van der Waals surface area contributed by atoms with E-state index in [1.165, 1.54) is 77.0 Å². The van der Waals surface area contributed by atoms with E-state index in [0.717, 1.165) is 148 Å². The van der Waals surface area contributed by atoms with Crippen molar-refractivity contribution in [2.24, 2.45) is 0 Å². The van der Waals surface area contributed by atoms with Gasteiger partial charge in [0, 0.05) is 6.42 Å². The van der Waals surface area contributed by atoms with Crippen molar-refractivity contribution in [3.8, 4) is 0 Å². The molecule has 0 radical (unpaired) electrons. The number of hydrogen-bond donors (Lipinski definition) is 6. The first-order valence-electron chi connectivity index (χ1n) is 35.0. The van der Waals surface area contributed by atoms with Gasteiger partial charge in [0.1, 0.15) is 24.4 Å². The minimum absolute atomic E-state index is 0.0958. The average Bonchev–Trinajstić information content (AvgIpc) is 2.32. The molecule has 6 N–H and O–H groups in total. The van der Waals surface area contributed by atoms with Gasteiger partial charge in [0.2, 0.25) is 5.91 Å². The highest BCUT2D eigenvalue weighted by Gasteiger charge is 2.47. The molecule has 87 heavy (non-hydrogen) atoms. The Hall–Kier alpha value is -4.20. The van der Waals surface area contributed by atoms with Gasteiger partial charge in [0.25, 0.3) is 0 Å². The largest absolute Gasteiger partial charge is 0.454 e. The Bertz CT molecular complexity index is 1930. The minimum atomic E-state index is -1.63. The number of allylic oxidation sites excluding steroid dienone is 21. The summed E-state index contributed by atoms with van der Waals surface area (Å²) in [4.78, 5) is 26.7. The first-order chi connectivity index (χ1) is 42.7. The Morgan fingerprint density at radius 3 is 1.26 bits per heavy atom. The normalized spacial score (nSPS) is 19.1. The molecule has 1 rings (SSSR count). The van der Waals surface area contributed by atoms with Crippen molar-refractivity contribution in [3.63, 3.8) is 0 Å². The fraction of sp³-hybridized carbons (Fsp3) is 0.684. The summed E-state index contributed by atoms with van der Waals surface area (Å²) in [7, 11) is 0. The minimum Gasteiger partial charge on any atom is -0.454 e.